The van der Waals surface area contributed by atoms with E-state index in [-0.39, 0.29) is 5.69 Å². The van der Waals surface area contributed by atoms with Crippen molar-refractivity contribution in [1.29, 1.82) is 0 Å². The molecule has 6 nitrogen and oxygen atoms in total. The number of hydrogen-bond donors (Lipinski definition) is 2. The standard InChI is InChI=1S/C18H16F3N3O3/c1-11(12-3-9-15(27-2)10-4-12)23-24-17(26)16(25)22-14-7-5-13(6-8-14)18(19,20)21/h3-10H,1-2H3,(H,22,25)(H,24,26). The number of carbonyl (C=O) groups is 2. The molecule has 0 aliphatic rings. The van der Waals surface area contributed by atoms with Crippen LogP contribution in [0.25, 0.3) is 0 Å². The van der Waals surface area contributed by atoms with Gasteiger partial charge in [0, 0.05) is 5.69 Å². The fraction of sp³-hybridized carbons (Fsp3) is 0.167. The number of hydrogen-bond acceptors (Lipinski definition) is 4. The predicted molar refractivity (Wildman–Crippen MR) is 93.4 cm³/mol. The molecule has 0 bridgehead atoms. The van der Waals surface area contributed by atoms with E-state index in [0.717, 1.165) is 24.3 Å². The topological polar surface area (TPSA) is 79.8 Å². The highest BCUT2D eigenvalue weighted by atomic mass is 19.4. The van der Waals surface area contributed by atoms with Crippen LogP contribution in [0.2, 0.25) is 0 Å². The fourth-order valence-electron chi connectivity index (χ4n) is 2.01. The predicted octanol–water partition coefficient (Wildman–Crippen LogP) is 3.19. The van der Waals surface area contributed by atoms with Crippen LogP contribution in [0, 0.1) is 0 Å². The third-order valence-electron chi connectivity index (χ3n) is 3.51. The Morgan fingerprint density at radius 3 is 2.07 bits per heavy atom. The first-order valence-corrected chi connectivity index (χ1v) is 7.68. The van der Waals surface area contributed by atoms with Crippen LogP contribution in [0.3, 0.4) is 0 Å². The maximum atomic E-state index is 12.5. The molecule has 142 valence electrons. The van der Waals surface area contributed by atoms with E-state index in [1.807, 2.05) is 0 Å². The molecule has 2 aromatic rings. The van der Waals surface area contributed by atoms with Gasteiger partial charge in [-0.25, -0.2) is 5.43 Å². The average molecular weight is 379 g/mol. The number of methoxy groups -OCH3 is 1. The minimum atomic E-state index is -4.48. The van der Waals surface area contributed by atoms with Crippen LogP contribution >= 0.6 is 0 Å². The summed E-state index contributed by atoms with van der Waals surface area (Å²) in [6, 6.07) is 10.6. The molecule has 0 fully saturated rings. The highest BCUT2D eigenvalue weighted by Crippen LogP contribution is 2.29. The Hall–Kier alpha value is -3.36. The van der Waals surface area contributed by atoms with Gasteiger partial charge >= 0.3 is 18.0 Å². The second-order valence-electron chi connectivity index (χ2n) is 5.40. The summed E-state index contributed by atoms with van der Waals surface area (Å²) in [6.45, 7) is 1.63. The minimum absolute atomic E-state index is 0.0546. The van der Waals surface area contributed by atoms with Gasteiger partial charge in [0.05, 0.1) is 18.4 Å². The monoisotopic (exact) mass is 379 g/mol. The Kier molecular flexibility index (Phi) is 6.17. The Balaban J connectivity index is 1.95. The second-order valence-corrected chi connectivity index (χ2v) is 5.40. The van der Waals surface area contributed by atoms with Crippen molar-refractivity contribution in [2.24, 2.45) is 5.10 Å². The molecule has 0 unspecified atom stereocenters. The minimum Gasteiger partial charge on any atom is -0.497 e. The second kappa shape index (κ2) is 8.35. The zero-order chi connectivity index (χ0) is 20.0. The summed E-state index contributed by atoms with van der Waals surface area (Å²) in [4.78, 5) is 23.6. The van der Waals surface area contributed by atoms with E-state index in [1.54, 1.807) is 31.2 Å². The van der Waals surface area contributed by atoms with Gasteiger partial charge in [0.2, 0.25) is 0 Å². The van der Waals surface area contributed by atoms with Gasteiger partial charge in [-0.05, 0) is 61.0 Å². The van der Waals surface area contributed by atoms with Crippen molar-refractivity contribution in [2.45, 2.75) is 13.1 Å². The Bertz CT molecular complexity index is 845. The molecule has 0 aliphatic carbocycles. The van der Waals surface area contributed by atoms with Crippen LogP contribution in [0.5, 0.6) is 5.75 Å². The SMILES string of the molecule is COc1ccc(C(C)=NNC(=O)C(=O)Nc2ccc(C(F)(F)F)cc2)cc1. The molecule has 0 saturated heterocycles. The van der Waals surface area contributed by atoms with Crippen LogP contribution in [-0.4, -0.2) is 24.6 Å². The number of halogens is 3. The maximum Gasteiger partial charge on any atom is 0.416 e. The van der Waals surface area contributed by atoms with Crippen molar-refractivity contribution in [3.63, 3.8) is 0 Å². The Labute approximate surface area is 153 Å². The third kappa shape index (κ3) is 5.56. The van der Waals surface area contributed by atoms with Crippen molar-refractivity contribution >= 4 is 23.2 Å². The first-order chi connectivity index (χ1) is 12.7. The summed E-state index contributed by atoms with van der Waals surface area (Å²) in [5, 5.41) is 6.02. The molecule has 0 aromatic heterocycles. The van der Waals surface area contributed by atoms with Gasteiger partial charge in [0.25, 0.3) is 0 Å². The number of nitrogens with one attached hydrogen (secondary N) is 2. The van der Waals surface area contributed by atoms with Gasteiger partial charge in [-0.2, -0.15) is 18.3 Å². The third-order valence-corrected chi connectivity index (χ3v) is 3.51. The van der Waals surface area contributed by atoms with Crippen LogP contribution < -0.4 is 15.5 Å². The summed E-state index contributed by atoms with van der Waals surface area (Å²) in [7, 11) is 1.53. The summed E-state index contributed by atoms with van der Waals surface area (Å²) in [6.07, 6.45) is -4.48. The van der Waals surface area contributed by atoms with E-state index in [2.05, 4.69) is 15.8 Å². The van der Waals surface area contributed by atoms with Crippen molar-refractivity contribution in [1.82, 2.24) is 5.43 Å². The lowest BCUT2D eigenvalue weighted by molar-refractivity contribution is -0.137. The smallest absolute Gasteiger partial charge is 0.416 e. The highest BCUT2D eigenvalue weighted by molar-refractivity contribution is 6.39. The molecule has 2 rings (SSSR count). The van der Waals surface area contributed by atoms with Crippen LogP contribution in [0.15, 0.2) is 53.6 Å². The number of carbonyl (C=O) groups excluding carboxylic acids is 2. The maximum absolute atomic E-state index is 12.5. The molecular formula is C18H16F3N3O3. The quantitative estimate of drug-likeness (QED) is 0.486. The molecular weight excluding hydrogens is 363 g/mol. The molecule has 0 spiro atoms. The van der Waals surface area contributed by atoms with Gasteiger partial charge < -0.3 is 10.1 Å². The lowest BCUT2D eigenvalue weighted by Crippen LogP contribution is -2.32. The van der Waals surface area contributed by atoms with Gasteiger partial charge in [0.1, 0.15) is 5.75 Å². The van der Waals surface area contributed by atoms with Crippen LogP contribution in [-0.2, 0) is 15.8 Å². The fourth-order valence-corrected chi connectivity index (χ4v) is 2.01. The molecule has 0 aliphatic heterocycles. The summed E-state index contributed by atoms with van der Waals surface area (Å²) < 4.78 is 42.5. The molecule has 2 amide bonds. The van der Waals surface area contributed by atoms with E-state index < -0.39 is 23.6 Å². The molecule has 9 heteroatoms. The summed E-state index contributed by atoms with van der Waals surface area (Å²) in [5.41, 5.74) is 2.45. The molecule has 0 radical (unpaired) electrons. The van der Waals surface area contributed by atoms with E-state index >= 15 is 0 Å². The number of amides is 2. The van der Waals surface area contributed by atoms with Crippen molar-refractivity contribution in [3.05, 3.63) is 59.7 Å². The molecule has 2 aromatic carbocycles. The molecule has 0 heterocycles. The van der Waals surface area contributed by atoms with Gasteiger partial charge in [0.15, 0.2) is 0 Å². The molecule has 27 heavy (non-hydrogen) atoms. The zero-order valence-corrected chi connectivity index (χ0v) is 14.4. The Morgan fingerprint density at radius 1 is 0.963 bits per heavy atom. The first kappa shape index (κ1) is 20.0. The lowest BCUT2D eigenvalue weighted by Gasteiger charge is -2.08. The zero-order valence-electron chi connectivity index (χ0n) is 14.4. The number of benzene rings is 2. The number of rotatable bonds is 4. The van der Waals surface area contributed by atoms with E-state index in [0.29, 0.717) is 17.0 Å². The number of nitrogens with zero attached hydrogens (tertiary/aromatic N) is 1. The average Bonchev–Trinajstić information content (AvgIpc) is 2.65. The molecule has 0 saturated carbocycles. The number of ether oxygens (including phenoxy) is 1. The van der Waals surface area contributed by atoms with Gasteiger partial charge in [-0.15, -0.1) is 0 Å². The normalized spacial score (nSPS) is 11.7. The Morgan fingerprint density at radius 2 is 1.56 bits per heavy atom. The first-order valence-electron chi connectivity index (χ1n) is 7.68. The van der Waals surface area contributed by atoms with Crippen molar-refractivity contribution in [2.75, 3.05) is 12.4 Å². The molecule has 2 N–H and O–H groups in total. The van der Waals surface area contributed by atoms with Crippen molar-refractivity contribution in [3.8, 4) is 5.75 Å². The largest absolute Gasteiger partial charge is 0.497 e. The summed E-state index contributed by atoms with van der Waals surface area (Å²) in [5.74, 6) is -1.45. The number of hydrazone groups is 1. The van der Waals surface area contributed by atoms with Gasteiger partial charge in [-0.3, -0.25) is 9.59 Å². The summed E-state index contributed by atoms with van der Waals surface area (Å²) >= 11 is 0. The number of alkyl halides is 3. The van der Waals surface area contributed by atoms with Crippen LogP contribution in [0.1, 0.15) is 18.1 Å². The van der Waals surface area contributed by atoms with E-state index in [1.165, 1.54) is 7.11 Å². The van der Waals surface area contributed by atoms with E-state index in [9.17, 15) is 22.8 Å². The van der Waals surface area contributed by atoms with Gasteiger partial charge in [-0.1, -0.05) is 0 Å². The van der Waals surface area contributed by atoms with Crippen LogP contribution in [0.4, 0.5) is 18.9 Å². The number of anilines is 1. The molecule has 0 atom stereocenters. The highest BCUT2D eigenvalue weighted by Gasteiger charge is 2.30. The van der Waals surface area contributed by atoms with E-state index in [4.69, 9.17) is 4.74 Å². The van der Waals surface area contributed by atoms with Crippen molar-refractivity contribution < 1.29 is 27.5 Å². The lowest BCUT2D eigenvalue weighted by atomic mass is 10.1.